The molecule has 13 heavy (non-hydrogen) atoms. The molecular formula is C9H8O4. The average molecular weight is 180 g/mol. The van der Waals surface area contributed by atoms with E-state index < -0.39 is 5.97 Å². The number of hydrogen-bond donors (Lipinski definition) is 1. The van der Waals surface area contributed by atoms with Crippen LogP contribution in [0.25, 0.3) is 0 Å². The maximum absolute atomic E-state index is 10.2. The molecule has 0 aromatic heterocycles. The lowest BCUT2D eigenvalue weighted by atomic mass is 10.2. The van der Waals surface area contributed by atoms with Gasteiger partial charge in [-0.2, -0.15) is 0 Å². The number of hydrogen-bond acceptors (Lipinski definition) is 3. The van der Waals surface area contributed by atoms with E-state index in [0.717, 1.165) is 0 Å². The number of carbonyl (C=O) groups excluding carboxylic acids is 1. The highest BCUT2D eigenvalue weighted by atomic mass is 16.5. The van der Waals surface area contributed by atoms with E-state index >= 15 is 0 Å². The van der Waals surface area contributed by atoms with Gasteiger partial charge in [0.15, 0.2) is 6.61 Å². The van der Waals surface area contributed by atoms with Crippen LogP contribution in [-0.2, 0) is 4.79 Å². The quantitative estimate of drug-likeness (QED) is 0.701. The monoisotopic (exact) mass is 180 g/mol. The fraction of sp³-hybridized carbons (Fsp3) is 0.111. The Balaban J connectivity index is 2.59. The maximum Gasteiger partial charge on any atom is 0.341 e. The predicted octanol–water partition coefficient (Wildman–Crippen LogP) is 0.963. The third-order valence-electron chi connectivity index (χ3n) is 1.38. The van der Waals surface area contributed by atoms with Crippen molar-refractivity contribution in [1.82, 2.24) is 0 Å². The lowest BCUT2D eigenvalue weighted by Gasteiger charge is -2.01. The summed E-state index contributed by atoms with van der Waals surface area (Å²) in [5.74, 6) is -0.590. The molecule has 0 heterocycles. The normalized spacial score (nSPS) is 9.23. The molecule has 0 aliphatic carbocycles. The molecule has 0 unspecified atom stereocenters. The van der Waals surface area contributed by atoms with Crippen LogP contribution in [0.15, 0.2) is 24.3 Å². The van der Waals surface area contributed by atoms with E-state index in [4.69, 9.17) is 9.84 Å². The van der Waals surface area contributed by atoms with Crippen LogP contribution in [-0.4, -0.2) is 24.0 Å². The molecule has 0 aliphatic rings. The molecule has 68 valence electrons. The molecular weight excluding hydrogens is 172 g/mol. The Labute approximate surface area is 74.8 Å². The molecule has 0 saturated heterocycles. The highest BCUT2D eigenvalue weighted by molar-refractivity contribution is 5.74. The molecule has 4 nitrogen and oxygen atoms in total. The van der Waals surface area contributed by atoms with Crippen molar-refractivity contribution in [2.45, 2.75) is 0 Å². The summed E-state index contributed by atoms with van der Waals surface area (Å²) in [5.41, 5.74) is 0.530. The van der Waals surface area contributed by atoms with Gasteiger partial charge in [-0.1, -0.05) is 0 Å². The fourth-order valence-corrected chi connectivity index (χ4v) is 0.788. The van der Waals surface area contributed by atoms with Crippen molar-refractivity contribution in [3.05, 3.63) is 29.8 Å². The summed E-state index contributed by atoms with van der Waals surface area (Å²) < 4.78 is 4.85. The van der Waals surface area contributed by atoms with E-state index in [-0.39, 0.29) is 6.61 Å². The zero-order valence-electron chi connectivity index (χ0n) is 6.77. The third kappa shape index (κ3) is 2.94. The first kappa shape index (κ1) is 9.25. The van der Waals surface area contributed by atoms with Crippen molar-refractivity contribution < 1.29 is 19.4 Å². The molecule has 0 fully saturated rings. The molecule has 0 radical (unpaired) electrons. The van der Waals surface area contributed by atoms with Crippen LogP contribution < -0.4 is 4.74 Å². The number of aldehydes is 1. The Kier molecular flexibility index (Phi) is 3.03. The zero-order valence-corrected chi connectivity index (χ0v) is 6.77. The molecule has 0 bridgehead atoms. The summed E-state index contributed by atoms with van der Waals surface area (Å²) in [7, 11) is 0. The van der Waals surface area contributed by atoms with Crippen molar-refractivity contribution >= 4 is 12.3 Å². The highest BCUT2D eigenvalue weighted by Crippen LogP contribution is 2.10. The third-order valence-corrected chi connectivity index (χ3v) is 1.38. The van der Waals surface area contributed by atoms with Gasteiger partial charge in [-0.3, -0.25) is 4.79 Å². The minimum Gasteiger partial charge on any atom is -0.482 e. The molecule has 0 amide bonds. The number of ether oxygens (including phenoxy) is 1. The summed E-state index contributed by atoms with van der Waals surface area (Å²) in [4.78, 5) is 20.4. The summed E-state index contributed by atoms with van der Waals surface area (Å²) in [5, 5.41) is 8.29. The standard InChI is InChI=1S/C9H8O4/c10-5-7-1-3-8(4-2-7)13-6-9(11)12/h1-5H,6H2,(H,11,12). The van der Waals surface area contributed by atoms with E-state index in [1.807, 2.05) is 0 Å². The van der Waals surface area contributed by atoms with Gasteiger partial charge < -0.3 is 9.84 Å². The van der Waals surface area contributed by atoms with Crippen LogP contribution in [0.1, 0.15) is 10.4 Å². The van der Waals surface area contributed by atoms with Gasteiger partial charge in [-0.15, -0.1) is 0 Å². The van der Waals surface area contributed by atoms with Gasteiger partial charge in [0.25, 0.3) is 0 Å². The van der Waals surface area contributed by atoms with Crippen LogP contribution in [0.3, 0.4) is 0 Å². The van der Waals surface area contributed by atoms with Crippen molar-refractivity contribution in [1.29, 1.82) is 0 Å². The van der Waals surface area contributed by atoms with Crippen molar-refractivity contribution in [3.8, 4) is 5.75 Å². The van der Waals surface area contributed by atoms with Crippen LogP contribution in [0.2, 0.25) is 0 Å². The largest absolute Gasteiger partial charge is 0.482 e. The van der Waals surface area contributed by atoms with Gasteiger partial charge in [0.1, 0.15) is 12.0 Å². The van der Waals surface area contributed by atoms with Crippen molar-refractivity contribution in [2.24, 2.45) is 0 Å². The average Bonchev–Trinajstić information content (AvgIpc) is 2.15. The van der Waals surface area contributed by atoms with Gasteiger partial charge in [0.05, 0.1) is 0 Å². The van der Waals surface area contributed by atoms with Crippen molar-refractivity contribution in [3.63, 3.8) is 0 Å². The smallest absolute Gasteiger partial charge is 0.341 e. The molecule has 0 aliphatic heterocycles. The van der Waals surface area contributed by atoms with Crippen LogP contribution in [0.4, 0.5) is 0 Å². The van der Waals surface area contributed by atoms with E-state index in [9.17, 15) is 9.59 Å². The topological polar surface area (TPSA) is 63.6 Å². The van der Waals surface area contributed by atoms with Crippen LogP contribution >= 0.6 is 0 Å². The summed E-state index contributed by atoms with van der Waals surface area (Å²) in [6, 6.07) is 6.22. The number of carbonyl (C=O) groups is 2. The molecule has 4 heteroatoms. The Morgan fingerprint density at radius 1 is 1.38 bits per heavy atom. The lowest BCUT2D eigenvalue weighted by Crippen LogP contribution is -2.09. The first-order chi connectivity index (χ1) is 6.22. The Bertz CT molecular complexity index is 302. The van der Waals surface area contributed by atoms with Crippen molar-refractivity contribution in [2.75, 3.05) is 6.61 Å². The maximum atomic E-state index is 10.2. The van der Waals surface area contributed by atoms with Crippen LogP contribution in [0.5, 0.6) is 5.75 Å². The van der Waals surface area contributed by atoms with E-state index in [1.54, 1.807) is 24.3 Å². The van der Waals surface area contributed by atoms with E-state index in [1.165, 1.54) is 0 Å². The summed E-state index contributed by atoms with van der Waals surface area (Å²) in [6.07, 6.45) is 0.709. The predicted molar refractivity (Wildman–Crippen MR) is 45.0 cm³/mol. The SMILES string of the molecule is O=Cc1ccc(OCC(=O)O)cc1. The van der Waals surface area contributed by atoms with E-state index in [0.29, 0.717) is 17.6 Å². The molecule has 1 aromatic rings. The van der Waals surface area contributed by atoms with E-state index in [2.05, 4.69) is 0 Å². The molecule has 0 saturated carbocycles. The number of benzene rings is 1. The highest BCUT2D eigenvalue weighted by Gasteiger charge is 1.98. The lowest BCUT2D eigenvalue weighted by molar-refractivity contribution is -0.139. The number of carboxylic acids is 1. The Hall–Kier alpha value is -1.84. The second-order valence-electron chi connectivity index (χ2n) is 2.37. The summed E-state index contributed by atoms with van der Waals surface area (Å²) >= 11 is 0. The first-order valence-electron chi connectivity index (χ1n) is 3.62. The number of rotatable bonds is 4. The van der Waals surface area contributed by atoms with Gasteiger partial charge in [-0.25, -0.2) is 4.79 Å². The fourth-order valence-electron chi connectivity index (χ4n) is 0.788. The number of carboxylic acid groups (broad SMARTS) is 1. The second kappa shape index (κ2) is 4.25. The minimum atomic E-state index is -1.03. The van der Waals surface area contributed by atoms with Gasteiger partial charge >= 0.3 is 5.97 Å². The molecule has 1 aromatic carbocycles. The Morgan fingerprint density at radius 3 is 2.46 bits per heavy atom. The molecule has 1 N–H and O–H groups in total. The first-order valence-corrected chi connectivity index (χ1v) is 3.62. The van der Waals surface area contributed by atoms with Gasteiger partial charge in [0.2, 0.25) is 0 Å². The van der Waals surface area contributed by atoms with Gasteiger partial charge in [-0.05, 0) is 24.3 Å². The zero-order chi connectivity index (χ0) is 9.68. The number of aliphatic carboxylic acids is 1. The van der Waals surface area contributed by atoms with Gasteiger partial charge in [0, 0.05) is 5.56 Å². The summed E-state index contributed by atoms with van der Waals surface area (Å²) in [6.45, 7) is -0.375. The van der Waals surface area contributed by atoms with Crippen LogP contribution in [0, 0.1) is 0 Å². The molecule has 0 atom stereocenters. The molecule has 0 spiro atoms. The minimum absolute atomic E-state index is 0.375. The Morgan fingerprint density at radius 2 is 2.00 bits per heavy atom. The molecule has 1 rings (SSSR count). The second-order valence-corrected chi connectivity index (χ2v) is 2.37.